The van der Waals surface area contributed by atoms with E-state index in [9.17, 15) is 14.4 Å². The van der Waals surface area contributed by atoms with Crippen LogP contribution in [0.25, 0.3) is 0 Å². The summed E-state index contributed by atoms with van der Waals surface area (Å²) in [4.78, 5) is 35.3. The number of hydrogen-bond acceptors (Lipinski definition) is 4. The van der Waals surface area contributed by atoms with E-state index in [2.05, 4.69) is 16.0 Å². The third-order valence-corrected chi connectivity index (χ3v) is 4.32. The van der Waals surface area contributed by atoms with Crippen molar-refractivity contribution >= 4 is 29.1 Å². The molecule has 0 saturated heterocycles. The number of carbonyl (C=O) groups excluding carboxylic acids is 3. The van der Waals surface area contributed by atoms with Crippen molar-refractivity contribution in [3.63, 3.8) is 0 Å². The highest BCUT2D eigenvalue weighted by Crippen LogP contribution is 2.20. The van der Waals surface area contributed by atoms with Crippen molar-refractivity contribution in [1.82, 2.24) is 10.6 Å². The molecule has 0 fully saturated rings. The number of anilines is 2. The molecule has 3 rings (SSSR count). The fourth-order valence-electron chi connectivity index (χ4n) is 2.79. The van der Waals surface area contributed by atoms with E-state index in [1.54, 1.807) is 30.3 Å². The molecule has 152 valence electrons. The first-order valence-electron chi connectivity index (χ1n) is 9.37. The Morgan fingerprint density at radius 1 is 0.733 bits per heavy atom. The van der Waals surface area contributed by atoms with Crippen molar-refractivity contribution < 1.29 is 14.4 Å². The number of benzene rings is 3. The van der Waals surface area contributed by atoms with Crippen LogP contribution in [0.15, 0.2) is 78.9 Å². The highest BCUT2D eigenvalue weighted by atomic mass is 16.2. The summed E-state index contributed by atoms with van der Waals surface area (Å²) < 4.78 is 0. The zero-order chi connectivity index (χ0) is 21.3. The van der Waals surface area contributed by atoms with Crippen LogP contribution in [0, 0.1) is 0 Å². The number of rotatable bonds is 8. The van der Waals surface area contributed by atoms with Crippen molar-refractivity contribution in [2.24, 2.45) is 5.73 Å². The highest BCUT2D eigenvalue weighted by Gasteiger charge is 2.11. The molecule has 30 heavy (non-hydrogen) atoms. The maximum atomic E-state index is 12.7. The first-order chi connectivity index (χ1) is 14.5. The van der Waals surface area contributed by atoms with Gasteiger partial charge in [-0.2, -0.15) is 0 Å². The number of carbonyl (C=O) groups is 3. The minimum atomic E-state index is -0.607. The van der Waals surface area contributed by atoms with Crippen LogP contribution < -0.4 is 21.7 Å². The van der Waals surface area contributed by atoms with Crippen molar-refractivity contribution in [1.29, 1.82) is 0 Å². The van der Waals surface area contributed by atoms with Gasteiger partial charge in [0, 0.05) is 17.8 Å². The summed E-state index contributed by atoms with van der Waals surface area (Å²) in [5.74, 6) is -1.20. The number of hydrogen-bond donors (Lipinski definition) is 4. The Hall–Kier alpha value is -4.13. The van der Waals surface area contributed by atoms with Gasteiger partial charge >= 0.3 is 0 Å². The van der Waals surface area contributed by atoms with Gasteiger partial charge in [-0.05, 0) is 42.0 Å². The van der Waals surface area contributed by atoms with E-state index in [1.165, 1.54) is 0 Å². The number of nitrogens with two attached hydrogens (primary N) is 1. The first kappa shape index (κ1) is 20.6. The van der Waals surface area contributed by atoms with E-state index >= 15 is 0 Å². The van der Waals surface area contributed by atoms with E-state index in [0.29, 0.717) is 23.4 Å². The molecule has 0 radical (unpaired) electrons. The van der Waals surface area contributed by atoms with E-state index in [1.807, 2.05) is 48.5 Å². The van der Waals surface area contributed by atoms with Gasteiger partial charge in [0.05, 0.1) is 17.8 Å². The lowest BCUT2D eigenvalue weighted by Gasteiger charge is -2.12. The van der Waals surface area contributed by atoms with Gasteiger partial charge in [0.15, 0.2) is 0 Å². The fourth-order valence-corrected chi connectivity index (χ4v) is 2.79. The van der Waals surface area contributed by atoms with E-state index in [-0.39, 0.29) is 18.4 Å². The molecule has 0 unspecified atom stereocenters. The van der Waals surface area contributed by atoms with Crippen molar-refractivity contribution in [3.8, 4) is 0 Å². The third-order valence-electron chi connectivity index (χ3n) is 4.32. The Labute approximate surface area is 174 Å². The average Bonchev–Trinajstić information content (AvgIpc) is 2.77. The lowest BCUT2D eigenvalue weighted by atomic mass is 10.1. The molecule has 0 aliphatic rings. The molecular formula is C23H22N4O3. The summed E-state index contributed by atoms with van der Waals surface area (Å²) >= 11 is 0. The number of primary amides is 1. The lowest BCUT2D eigenvalue weighted by Crippen LogP contribution is -2.33. The van der Waals surface area contributed by atoms with Crippen molar-refractivity contribution in [3.05, 3.63) is 95.6 Å². The second-order valence-electron chi connectivity index (χ2n) is 6.57. The standard InChI is InChI=1S/C23H22N4O3/c24-21(28)15-26-22(29)17-12-10-16(11-13-17)14-25-23(30)19-8-4-5-9-20(19)27-18-6-2-1-3-7-18/h1-13,27H,14-15H2,(H2,24,28)(H,25,30)(H,26,29). The quantitative estimate of drug-likeness (QED) is 0.464. The number of nitrogens with one attached hydrogen (secondary N) is 3. The van der Waals surface area contributed by atoms with E-state index in [4.69, 9.17) is 5.73 Å². The predicted octanol–water partition coefficient (Wildman–Crippen LogP) is 2.58. The molecule has 0 saturated carbocycles. The molecule has 0 atom stereocenters. The van der Waals surface area contributed by atoms with Crippen LogP contribution in [0.2, 0.25) is 0 Å². The Bertz CT molecular complexity index is 1030. The summed E-state index contributed by atoms with van der Waals surface area (Å²) in [6, 6.07) is 23.6. The predicted molar refractivity (Wildman–Crippen MR) is 115 cm³/mol. The van der Waals surface area contributed by atoms with Gasteiger partial charge in [-0.3, -0.25) is 14.4 Å². The Kier molecular flexibility index (Phi) is 6.78. The van der Waals surface area contributed by atoms with Crippen molar-refractivity contribution in [2.75, 3.05) is 11.9 Å². The van der Waals surface area contributed by atoms with Crippen LogP contribution in [-0.2, 0) is 11.3 Å². The maximum absolute atomic E-state index is 12.7. The number of para-hydroxylation sites is 2. The molecule has 0 spiro atoms. The maximum Gasteiger partial charge on any atom is 0.253 e. The van der Waals surface area contributed by atoms with Gasteiger partial charge in [0.1, 0.15) is 0 Å². The third kappa shape index (κ3) is 5.68. The summed E-state index contributed by atoms with van der Waals surface area (Å²) in [6.07, 6.45) is 0. The van der Waals surface area contributed by atoms with E-state index < -0.39 is 5.91 Å². The Balaban J connectivity index is 1.61. The molecule has 0 aromatic heterocycles. The molecule has 3 amide bonds. The summed E-state index contributed by atoms with van der Waals surface area (Å²) in [5, 5.41) is 8.57. The molecule has 0 heterocycles. The molecule has 0 bridgehead atoms. The minimum Gasteiger partial charge on any atom is -0.368 e. The van der Waals surface area contributed by atoms with Gasteiger partial charge in [0.25, 0.3) is 11.8 Å². The van der Waals surface area contributed by atoms with Crippen LogP contribution in [0.5, 0.6) is 0 Å². The molecule has 0 aliphatic carbocycles. The summed E-state index contributed by atoms with van der Waals surface area (Å²) in [6.45, 7) is 0.0920. The lowest BCUT2D eigenvalue weighted by molar-refractivity contribution is -0.117. The highest BCUT2D eigenvalue weighted by molar-refractivity contribution is 6.00. The smallest absolute Gasteiger partial charge is 0.253 e. The summed E-state index contributed by atoms with van der Waals surface area (Å²) in [5.41, 5.74) is 8.39. The summed E-state index contributed by atoms with van der Waals surface area (Å²) in [7, 11) is 0. The molecule has 0 aliphatic heterocycles. The van der Waals surface area contributed by atoms with Gasteiger partial charge in [-0.1, -0.05) is 42.5 Å². The molecule has 5 N–H and O–H groups in total. The Morgan fingerprint density at radius 3 is 2.10 bits per heavy atom. The van der Waals surface area contributed by atoms with Gasteiger partial charge in [0.2, 0.25) is 5.91 Å². The van der Waals surface area contributed by atoms with E-state index in [0.717, 1.165) is 11.3 Å². The molecule has 7 heteroatoms. The first-order valence-corrected chi connectivity index (χ1v) is 9.37. The Morgan fingerprint density at radius 2 is 1.40 bits per heavy atom. The molecule has 3 aromatic carbocycles. The number of amides is 3. The van der Waals surface area contributed by atoms with Crippen LogP contribution in [0.3, 0.4) is 0 Å². The van der Waals surface area contributed by atoms with Crippen LogP contribution in [-0.4, -0.2) is 24.3 Å². The SMILES string of the molecule is NC(=O)CNC(=O)c1ccc(CNC(=O)c2ccccc2Nc2ccccc2)cc1. The zero-order valence-electron chi connectivity index (χ0n) is 16.2. The van der Waals surface area contributed by atoms with Crippen LogP contribution in [0.4, 0.5) is 11.4 Å². The van der Waals surface area contributed by atoms with Crippen molar-refractivity contribution in [2.45, 2.75) is 6.54 Å². The minimum absolute atomic E-state index is 0.211. The zero-order valence-corrected chi connectivity index (χ0v) is 16.2. The second kappa shape index (κ2) is 9.88. The molecule has 3 aromatic rings. The fraction of sp³-hybridized carbons (Fsp3) is 0.0870. The second-order valence-corrected chi connectivity index (χ2v) is 6.57. The van der Waals surface area contributed by atoms with Gasteiger partial charge in [-0.25, -0.2) is 0 Å². The van der Waals surface area contributed by atoms with Gasteiger partial charge < -0.3 is 21.7 Å². The van der Waals surface area contributed by atoms with Crippen LogP contribution in [0.1, 0.15) is 26.3 Å². The monoisotopic (exact) mass is 402 g/mol. The van der Waals surface area contributed by atoms with Gasteiger partial charge in [-0.15, -0.1) is 0 Å². The normalized spacial score (nSPS) is 10.1. The molecular weight excluding hydrogens is 380 g/mol. The molecule has 7 nitrogen and oxygen atoms in total. The van der Waals surface area contributed by atoms with Crippen LogP contribution >= 0.6 is 0 Å². The largest absolute Gasteiger partial charge is 0.368 e. The topological polar surface area (TPSA) is 113 Å². The average molecular weight is 402 g/mol.